The molecule has 0 radical (unpaired) electrons. The molecule has 0 atom stereocenters. The fourth-order valence-electron chi connectivity index (χ4n) is 2.59. The van der Waals surface area contributed by atoms with E-state index >= 15 is 0 Å². The van der Waals surface area contributed by atoms with Gasteiger partial charge in [0.2, 0.25) is 0 Å². The zero-order valence-corrected chi connectivity index (χ0v) is 11.0. The first-order valence-electron chi connectivity index (χ1n) is 6.44. The summed E-state index contributed by atoms with van der Waals surface area (Å²) >= 11 is 0. The maximum Gasteiger partial charge on any atom is 0.132 e. The van der Waals surface area contributed by atoms with E-state index in [9.17, 15) is 5.11 Å². The van der Waals surface area contributed by atoms with Crippen molar-refractivity contribution in [3.63, 3.8) is 0 Å². The Kier molecular flexibility index (Phi) is 3.43. The van der Waals surface area contributed by atoms with Gasteiger partial charge in [0, 0.05) is 0 Å². The summed E-state index contributed by atoms with van der Waals surface area (Å²) in [4.78, 5) is 0. The first-order valence-corrected chi connectivity index (χ1v) is 6.44. The fourth-order valence-corrected chi connectivity index (χ4v) is 2.59. The van der Waals surface area contributed by atoms with E-state index in [4.69, 9.17) is 4.74 Å². The number of hydrogen-bond donors (Lipinski definition) is 1. The second-order valence-corrected chi connectivity index (χ2v) is 5.35. The van der Waals surface area contributed by atoms with Crippen molar-refractivity contribution >= 4 is 0 Å². The highest BCUT2D eigenvalue weighted by Gasteiger charge is 2.35. The van der Waals surface area contributed by atoms with Crippen LogP contribution < -0.4 is 4.74 Å². The highest BCUT2D eigenvalue weighted by molar-refractivity contribution is 5.41. The molecule has 0 saturated heterocycles. The van der Waals surface area contributed by atoms with E-state index in [2.05, 4.69) is 32.9 Å². The van der Waals surface area contributed by atoms with E-state index in [1.807, 2.05) is 0 Å². The molecule has 1 fully saturated rings. The molecule has 0 bridgehead atoms. The summed E-state index contributed by atoms with van der Waals surface area (Å²) in [5, 5.41) is 9.57. The molecule has 0 aromatic heterocycles. The third-order valence-corrected chi connectivity index (χ3v) is 3.92. The highest BCUT2D eigenvalue weighted by atomic mass is 16.5. The first-order chi connectivity index (χ1) is 8.06. The lowest BCUT2D eigenvalue weighted by molar-refractivity contribution is 0.0146. The van der Waals surface area contributed by atoms with Gasteiger partial charge in [-0.25, -0.2) is 0 Å². The lowest BCUT2D eigenvalue weighted by Crippen LogP contribution is -2.37. The van der Waals surface area contributed by atoms with Gasteiger partial charge < -0.3 is 9.84 Å². The molecule has 0 amide bonds. The van der Waals surface area contributed by atoms with Gasteiger partial charge in [-0.15, -0.1) is 0 Å². The van der Waals surface area contributed by atoms with Crippen LogP contribution in [0, 0.1) is 20.8 Å². The molecule has 17 heavy (non-hydrogen) atoms. The maximum atomic E-state index is 9.57. The lowest BCUT2D eigenvalue weighted by Gasteiger charge is -2.29. The van der Waals surface area contributed by atoms with Gasteiger partial charge in [-0.3, -0.25) is 0 Å². The van der Waals surface area contributed by atoms with Crippen LogP contribution >= 0.6 is 0 Å². The van der Waals surface area contributed by atoms with Crippen LogP contribution in [0.25, 0.3) is 0 Å². The second kappa shape index (κ2) is 4.69. The summed E-state index contributed by atoms with van der Waals surface area (Å²) in [5.41, 5.74) is 3.37. The first kappa shape index (κ1) is 12.4. The van der Waals surface area contributed by atoms with Crippen LogP contribution in [0.1, 0.15) is 42.4 Å². The van der Waals surface area contributed by atoms with Gasteiger partial charge in [0.05, 0.1) is 6.61 Å². The summed E-state index contributed by atoms with van der Waals surface area (Å²) in [6.45, 7) is 6.41. The second-order valence-electron chi connectivity index (χ2n) is 5.35. The Morgan fingerprint density at radius 1 is 1.06 bits per heavy atom. The fraction of sp³-hybridized carbons (Fsp3) is 0.600. The minimum Gasteiger partial charge on any atom is -0.485 e. The summed E-state index contributed by atoms with van der Waals surface area (Å²) in [5.74, 6) is 0.934. The van der Waals surface area contributed by atoms with E-state index in [-0.39, 0.29) is 12.2 Å². The Morgan fingerprint density at radius 3 is 2.24 bits per heavy atom. The Labute approximate surface area is 104 Å². The molecule has 1 aromatic carbocycles. The largest absolute Gasteiger partial charge is 0.485 e. The van der Waals surface area contributed by atoms with Crippen molar-refractivity contribution in [1.82, 2.24) is 0 Å². The summed E-state index contributed by atoms with van der Waals surface area (Å²) in [6, 6.07) is 4.26. The highest BCUT2D eigenvalue weighted by Crippen LogP contribution is 2.35. The number of hydrogen-bond acceptors (Lipinski definition) is 2. The number of aliphatic hydroxyl groups excluding tert-OH is 1. The van der Waals surface area contributed by atoms with Gasteiger partial charge in [0.1, 0.15) is 11.4 Å². The molecule has 2 nitrogen and oxygen atoms in total. The number of benzene rings is 1. The summed E-state index contributed by atoms with van der Waals surface area (Å²) in [7, 11) is 0. The zero-order chi connectivity index (χ0) is 12.5. The molecule has 1 aliphatic carbocycles. The average molecular weight is 234 g/mol. The van der Waals surface area contributed by atoms with Crippen molar-refractivity contribution in [2.75, 3.05) is 6.61 Å². The molecule has 94 valence electrons. The van der Waals surface area contributed by atoms with E-state index in [1.54, 1.807) is 0 Å². The Hall–Kier alpha value is -1.02. The molecule has 1 aromatic rings. The lowest BCUT2D eigenvalue weighted by atomic mass is 10.0. The van der Waals surface area contributed by atoms with Gasteiger partial charge >= 0.3 is 0 Å². The quantitative estimate of drug-likeness (QED) is 0.869. The molecule has 0 aliphatic heterocycles. The Balaban J connectivity index is 2.26. The van der Waals surface area contributed by atoms with E-state index in [1.165, 1.54) is 11.1 Å². The van der Waals surface area contributed by atoms with Crippen LogP contribution in [0.2, 0.25) is 0 Å². The predicted octanol–water partition coefficient (Wildman–Crippen LogP) is 3.30. The van der Waals surface area contributed by atoms with Crippen LogP contribution in [0.4, 0.5) is 0 Å². The van der Waals surface area contributed by atoms with Gasteiger partial charge in [0.25, 0.3) is 0 Å². The van der Waals surface area contributed by atoms with E-state index in [0.717, 1.165) is 37.0 Å². The van der Waals surface area contributed by atoms with Crippen molar-refractivity contribution < 1.29 is 9.84 Å². The molecule has 2 heteroatoms. The van der Waals surface area contributed by atoms with Crippen LogP contribution in [-0.2, 0) is 0 Å². The monoisotopic (exact) mass is 234 g/mol. The normalized spacial score (nSPS) is 18.4. The standard InChI is InChI=1S/C15H22O2/c1-11-8-13(3)14(9-12(11)2)17-15(10-16)6-4-5-7-15/h8-9,16H,4-7,10H2,1-3H3. The number of aryl methyl sites for hydroxylation is 3. The molecular weight excluding hydrogens is 212 g/mol. The minimum absolute atomic E-state index is 0.124. The SMILES string of the molecule is Cc1cc(C)c(OC2(CO)CCCC2)cc1C. The Bertz CT molecular complexity index is 404. The summed E-state index contributed by atoms with van der Waals surface area (Å²) < 4.78 is 6.13. The van der Waals surface area contributed by atoms with Crippen LogP contribution in [0.15, 0.2) is 12.1 Å². The van der Waals surface area contributed by atoms with Crippen LogP contribution in [0.5, 0.6) is 5.75 Å². The zero-order valence-electron chi connectivity index (χ0n) is 11.0. The maximum absolute atomic E-state index is 9.57. The smallest absolute Gasteiger partial charge is 0.132 e. The van der Waals surface area contributed by atoms with Gasteiger partial charge in [0.15, 0.2) is 0 Å². The minimum atomic E-state index is -0.327. The van der Waals surface area contributed by atoms with Gasteiger partial charge in [-0.05, 0) is 69.2 Å². The third-order valence-electron chi connectivity index (χ3n) is 3.92. The van der Waals surface area contributed by atoms with Crippen molar-refractivity contribution in [3.05, 3.63) is 28.8 Å². The molecule has 2 rings (SSSR count). The van der Waals surface area contributed by atoms with Crippen molar-refractivity contribution in [2.45, 2.75) is 52.1 Å². The predicted molar refractivity (Wildman–Crippen MR) is 69.6 cm³/mol. The molecular formula is C15H22O2. The van der Waals surface area contributed by atoms with Crippen molar-refractivity contribution in [1.29, 1.82) is 0 Å². The topological polar surface area (TPSA) is 29.5 Å². The number of ether oxygens (including phenoxy) is 1. The van der Waals surface area contributed by atoms with Gasteiger partial charge in [-0.2, -0.15) is 0 Å². The molecule has 0 heterocycles. The van der Waals surface area contributed by atoms with E-state index < -0.39 is 0 Å². The van der Waals surface area contributed by atoms with Crippen molar-refractivity contribution in [3.8, 4) is 5.75 Å². The summed E-state index contributed by atoms with van der Waals surface area (Å²) in [6.07, 6.45) is 4.25. The number of aliphatic hydroxyl groups is 1. The molecule has 0 unspecified atom stereocenters. The van der Waals surface area contributed by atoms with Crippen molar-refractivity contribution in [2.24, 2.45) is 0 Å². The number of rotatable bonds is 3. The molecule has 0 spiro atoms. The molecule has 1 aliphatic rings. The average Bonchev–Trinajstić information content (AvgIpc) is 2.75. The van der Waals surface area contributed by atoms with Gasteiger partial charge in [-0.1, -0.05) is 6.07 Å². The van der Waals surface area contributed by atoms with E-state index in [0.29, 0.717) is 0 Å². The Morgan fingerprint density at radius 2 is 1.65 bits per heavy atom. The third kappa shape index (κ3) is 2.47. The van der Waals surface area contributed by atoms with Crippen LogP contribution in [0.3, 0.4) is 0 Å². The molecule has 1 saturated carbocycles. The van der Waals surface area contributed by atoms with Crippen LogP contribution in [-0.4, -0.2) is 17.3 Å². The molecule has 1 N–H and O–H groups in total.